The van der Waals surface area contributed by atoms with E-state index in [2.05, 4.69) is 47.0 Å². The Morgan fingerprint density at radius 1 is 0.571 bits per heavy atom. The summed E-state index contributed by atoms with van der Waals surface area (Å²) < 4.78 is 27.2. The largest absolute Gasteiger partial charge is 0.514 e. The van der Waals surface area contributed by atoms with Crippen LogP contribution in [-0.2, 0) is 33.1 Å². The molecule has 6 fully saturated rings. The number of hydrogen-bond acceptors (Lipinski definition) is 7. The molecule has 4 saturated carbocycles. The first-order chi connectivity index (χ1) is 27.3. The van der Waals surface area contributed by atoms with Gasteiger partial charge in [-0.3, -0.25) is 0 Å². The maximum Gasteiger partial charge on any atom is 0.514 e. The molecule has 2 heterocycles. The van der Waals surface area contributed by atoms with Gasteiger partial charge in [0.15, 0.2) is 0 Å². The standard InChI is InChI=1S/C49H68N2O5/c1-46(35-13-5-3-6-14-35,53-37-21-19-33-29-43-39-17-9-11-23-48(39,25-27-50-43)41(33)31-37)55-45(52)56-47(2,36-15-7-4-8-16-36)54-38-22-20-34-30-44-40-18-10-12-24-49(40,26-28-51-44)42(34)32-38/h19-22,31-32,35-36,39-40,43-44,50-51H,3-18,23-30H2,1-2H3/t39-,40-,43+,44+,46?,47?,48+,49+/m0/s1. The fraction of sp³-hybridized carbons (Fsp3) is 0.735. The fourth-order valence-electron chi connectivity index (χ4n) is 14.4. The van der Waals surface area contributed by atoms with Gasteiger partial charge in [0.2, 0.25) is 0 Å². The number of benzene rings is 2. The Morgan fingerprint density at radius 3 is 1.45 bits per heavy atom. The van der Waals surface area contributed by atoms with Gasteiger partial charge in [0.1, 0.15) is 11.5 Å². The van der Waals surface area contributed by atoms with E-state index in [9.17, 15) is 4.79 Å². The summed E-state index contributed by atoms with van der Waals surface area (Å²) in [6, 6.07) is 14.7. The van der Waals surface area contributed by atoms with Crippen LogP contribution in [-0.4, -0.2) is 42.9 Å². The molecule has 2 N–H and O–H groups in total. The molecule has 8 aliphatic rings. The maximum atomic E-state index is 14.4. The van der Waals surface area contributed by atoms with Gasteiger partial charge in [-0.1, -0.05) is 76.3 Å². The average Bonchev–Trinajstić information content (AvgIpc) is 3.22. The highest BCUT2D eigenvalue weighted by Gasteiger charge is 2.54. The van der Waals surface area contributed by atoms with Crippen LogP contribution in [0.5, 0.6) is 11.5 Å². The quantitative estimate of drug-likeness (QED) is 0.205. The lowest BCUT2D eigenvalue weighted by Crippen LogP contribution is -2.59. The van der Waals surface area contributed by atoms with Gasteiger partial charge in [0.05, 0.1) is 0 Å². The predicted molar refractivity (Wildman–Crippen MR) is 219 cm³/mol. The molecule has 7 heteroatoms. The van der Waals surface area contributed by atoms with E-state index in [1.807, 2.05) is 13.8 Å². The van der Waals surface area contributed by atoms with Crippen molar-refractivity contribution < 1.29 is 23.7 Å². The molecule has 7 nitrogen and oxygen atoms in total. The zero-order chi connectivity index (χ0) is 38.0. The van der Waals surface area contributed by atoms with E-state index in [0.717, 1.165) is 88.8 Å². The molecular weight excluding hydrogens is 697 g/mol. The smallest absolute Gasteiger partial charge is 0.452 e. The van der Waals surface area contributed by atoms with Gasteiger partial charge < -0.3 is 29.6 Å². The number of ether oxygens (including phenoxy) is 4. The maximum absolute atomic E-state index is 14.4. The normalized spacial score (nSPS) is 34.9. The van der Waals surface area contributed by atoms with Gasteiger partial charge in [-0.05, 0) is 148 Å². The van der Waals surface area contributed by atoms with Crippen molar-refractivity contribution in [1.29, 1.82) is 0 Å². The summed E-state index contributed by atoms with van der Waals surface area (Å²) in [5.74, 6) is 0.891. The Hall–Kier alpha value is -2.77. The number of rotatable bonds is 8. The average molecular weight is 765 g/mol. The monoisotopic (exact) mass is 765 g/mol. The Balaban J connectivity index is 0.928. The minimum atomic E-state index is -1.15. The van der Waals surface area contributed by atoms with Crippen molar-refractivity contribution in [2.45, 2.75) is 190 Å². The highest BCUT2D eigenvalue weighted by molar-refractivity contribution is 5.61. The van der Waals surface area contributed by atoms with Gasteiger partial charge in [-0.2, -0.15) is 0 Å². The van der Waals surface area contributed by atoms with Gasteiger partial charge in [-0.25, -0.2) is 4.79 Å². The lowest BCUT2D eigenvalue weighted by atomic mass is 9.53. The second-order valence-corrected chi connectivity index (χ2v) is 20.0. The van der Waals surface area contributed by atoms with Crippen LogP contribution < -0.4 is 20.1 Å². The molecular formula is C49H68N2O5. The predicted octanol–water partition coefficient (Wildman–Crippen LogP) is 10.6. The number of hydrogen-bond donors (Lipinski definition) is 2. The Labute approximate surface area is 336 Å². The second-order valence-electron chi connectivity index (χ2n) is 20.0. The SMILES string of the molecule is CC(OC(=O)OC(C)(Oc1ccc2c(c1)[C@@]13CCCC[C@H]1[C@@H](C2)NCC3)C1CCCCC1)(Oc1ccc2c(c1)[C@@]13CCCC[C@H]1[C@@H](C2)NCC3)C1CCCCC1. The summed E-state index contributed by atoms with van der Waals surface area (Å²) in [5.41, 5.74) is 6.37. The molecule has 10 rings (SSSR count). The third-order valence-electron chi connectivity index (χ3n) is 17.1. The number of fused-ring (bicyclic) bond motifs is 2. The second kappa shape index (κ2) is 14.8. The van der Waals surface area contributed by atoms with E-state index >= 15 is 0 Å². The first-order valence-electron chi connectivity index (χ1n) is 23.3. The molecule has 0 spiro atoms. The first-order valence-corrected chi connectivity index (χ1v) is 23.3. The number of carbonyl (C=O) groups is 1. The van der Waals surface area contributed by atoms with Crippen LogP contribution in [0.4, 0.5) is 4.79 Å². The van der Waals surface area contributed by atoms with Crippen molar-refractivity contribution >= 4 is 6.16 Å². The van der Waals surface area contributed by atoms with Crippen molar-refractivity contribution in [1.82, 2.24) is 10.6 Å². The molecule has 0 amide bonds. The summed E-state index contributed by atoms with van der Waals surface area (Å²) in [6.45, 7) is 6.18. The molecule has 8 atom stereocenters. The van der Waals surface area contributed by atoms with Crippen molar-refractivity contribution in [2.75, 3.05) is 13.1 Å². The van der Waals surface area contributed by atoms with E-state index in [4.69, 9.17) is 18.9 Å². The van der Waals surface area contributed by atoms with E-state index in [1.165, 1.54) is 99.3 Å². The molecule has 2 aromatic carbocycles. The van der Waals surface area contributed by atoms with Gasteiger partial charge in [0, 0.05) is 48.6 Å². The van der Waals surface area contributed by atoms with Crippen LogP contribution in [0.25, 0.3) is 0 Å². The molecule has 0 aromatic heterocycles. The van der Waals surface area contributed by atoms with Crippen LogP contribution in [0.15, 0.2) is 36.4 Å². The van der Waals surface area contributed by atoms with E-state index in [1.54, 1.807) is 0 Å². The van der Waals surface area contributed by atoms with Crippen LogP contribution in [0.2, 0.25) is 0 Å². The summed E-state index contributed by atoms with van der Waals surface area (Å²) in [7, 11) is 0. The lowest BCUT2D eigenvalue weighted by Gasteiger charge is -2.56. The summed E-state index contributed by atoms with van der Waals surface area (Å²) in [5, 5.41) is 7.75. The van der Waals surface area contributed by atoms with Gasteiger partial charge >= 0.3 is 6.16 Å². The van der Waals surface area contributed by atoms with E-state index < -0.39 is 17.7 Å². The fourth-order valence-corrected chi connectivity index (χ4v) is 14.4. The Bertz CT molecular complexity index is 1630. The van der Waals surface area contributed by atoms with Crippen LogP contribution in [0, 0.1) is 23.7 Å². The lowest BCUT2D eigenvalue weighted by molar-refractivity contribution is -0.229. The number of nitrogens with one attached hydrogen (secondary N) is 2. The number of carbonyl (C=O) groups excluding carboxylic acids is 1. The molecule has 56 heavy (non-hydrogen) atoms. The van der Waals surface area contributed by atoms with Crippen molar-refractivity contribution in [2.24, 2.45) is 23.7 Å². The third-order valence-corrected chi connectivity index (χ3v) is 17.1. The van der Waals surface area contributed by atoms with Crippen molar-refractivity contribution in [3.05, 3.63) is 58.7 Å². The molecule has 6 aliphatic carbocycles. The highest BCUT2D eigenvalue weighted by Crippen LogP contribution is 2.56. The van der Waals surface area contributed by atoms with Gasteiger partial charge in [0.25, 0.3) is 11.6 Å². The summed E-state index contributed by atoms with van der Waals surface area (Å²) in [6.07, 6.45) is 25.1. The minimum absolute atomic E-state index is 0.0858. The van der Waals surface area contributed by atoms with Crippen LogP contribution >= 0.6 is 0 Å². The summed E-state index contributed by atoms with van der Waals surface area (Å²) in [4.78, 5) is 14.4. The van der Waals surface area contributed by atoms with E-state index in [-0.39, 0.29) is 22.7 Å². The zero-order valence-corrected chi connectivity index (χ0v) is 34.4. The Morgan fingerprint density at radius 2 is 1.00 bits per heavy atom. The molecule has 2 saturated heterocycles. The molecule has 0 radical (unpaired) electrons. The third kappa shape index (κ3) is 6.48. The molecule has 2 aromatic rings. The van der Waals surface area contributed by atoms with Crippen LogP contribution in [0.3, 0.4) is 0 Å². The molecule has 2 aliphatic heterocycles. The first kappa shape index (κ1) is 37.5. The highest BCUT2D eigenvalue weighted by atomic mass is 16.8. The van der Waals surface area contributed by atoms with Crippen molar-refractivity contribution in [3.8, 4) is 11.5 Å². The van der Waals surface area contributed by atoms with E-state index in [0.29, 0.717) is 23.9 Å². The zero-order valence-electron chi connectivity index (χ0n) is 34.4. The van der Waals surface area contributed by atoms with Crippen LogP contribution in [0.1, 0.15) is 165 Å². The minimum Gasteiger partial charge on any atom is -0.452 e. The van der Waals surface area contributed by atoms with Crippen molar-refractivity contribution in [3.63, 3.8) is 0 Å². The topological polar surface area (TPSA) is 78.1 Å². The Kier molecular flexibility index (Phi) is 9.91. The van der Waals surface area contributed by atoms with Gasteiger partial charge in [-0.15, -0.1) is 0 Å². The molecule has 4 bridgehead atoms. The number of piperidine rings is 2. The summed E-state index contributed by atoms with van der Waals surface area (Å²) >= 11 is 0. The molecule has 304 valence electrons. The molecule has 2 unspecified atom stereocenters.